The first kappa shape index (κ1) is 25.8. The van der Waals surface area contributed by atoms with E-state index in [1.807, 2.05) is 53.9 Å². The molecule has 4 rings (SSSR count). The van der Waals surface area contributed by atoms with Crippen LogP contribution in [0, 0.1) is 0 Å². The van der Waals surface area contributed by atoms with Crippen molar-refractivity contribution in [2.24, 2.45) is 0 Å². The number of thiazole rings is 1. The molecule has 0 aliphatic heterocycles. The summed E-state index contributed by atoms with van der Waals surface area (Å²) in [5.41, 5.74) is 1.85. The summed E-state index contributed by atoms with van der Waals surface area (Å²) in [7, 11) is 1.63. The van der Waals surface area contributed by atoms with Gasteiger partial charge < -0.3 is 19.2 Å². The third kappa shape index (κ3) is 6.66. The average Bonchev–Trinajstić information content (AvgIpc) is 3.36. The normalized spacial score (nSPS) is 11.1. The zero-order valence-electron chi connectivity index (χ0n) is 21.0. The number of anilines is 2. The number of methoxy groups -OCH3 is 1. The van der Waals surface area contributed by atoms with Gasteiger partial charge in [-0.25, -0.2) is 9.78 Å². The molecule has 0 bridgehead atoms. The molecule has 0 saturated heterocycles. The van der Waals surface area contributed by atoms with E-state index in [0.717, 1.165) is 29.7 Å². The molecule has 1 N–H and O–H groups in total. The molecule has 190 valence electrons. The van der Waals surface area contributed by atoms with Gasteiger partial charge in [-0.15, -0.1) is 11.3 Å². The highest BCUT2D eigenvalue weighted by molar-refractivity contribution is 7.14. The van der Waals surface area contributed by atoms with Crippen LogP contribution in [0.25, 0.3) is 22.2 Å². The number of para-hydroxylation sites is 3. The number of hydrogen-bond donors (Lipinski definition) is 1. The van der Waals surface area contributed by atoms with Crippen LogP contribution in [0.1, 0.15) is 58.3 Å². The fourth-order valence-electron chi connectivity index (χ4n) is 4.15. The quantitative estimate of drug-likeness (QED) is 0.137. The zero-order valence-corrected chi connectivity index (χ0v) is 21.9. The van der Waals surface area contributed by atoms with Crippen LogP contribution in [-0.2, 0) is 0 Å². The van der Waals surface area contributed by atoms with Crippen molar-refractivity contribution >= 4 is 33.1 Å². The number of fused-ring (bicyclic) bond motifs is 1. The lowest BCUT2D eigenvalue weighted by Crippen LogP contribution is -2.05. The summed E-state index contributed by atoms with van der Waals surface area (Å²) in [6.07, 6.45) is 9.95. The predicted molar refractivity (Wildman–Crippen MR) is 148 cm³/mol. The lowest BCUT2D eigenvalue weighted by molar-refractivity contribution is 0.302. The summed E-state index contributed by atoms with van der Waals surface area (Å²) in [6, 6.07) is 15.1. The Bertz CT molecular complexity index is 1310. The van der Waals surface area contributed by atoms with Gasteiger partial charge in [-0.3, -0.25) is 0 Å². The summed E-state index contributed by atoms with van der Waals surface area (Å²) < 4.78 is 17.1. The van der Waals surface area contributed by atoms with Crippen LogP contribution in [0.4, 0.5) is 10.8 Å². The Balaban J connectivity index is 1.40. The van der Waals surface area contributed by atoms with Gasteiger partial charge in [0.25, 0.3) is 0 Å². The number of nitrogens with one attached hydrogen (secondary N) is 1. The SMILES string of the molecule is CCCCCCCCCCOc1cccc2cc(-c3csc(Nc4ccccc4OC)n3)c(=O)oc12. The van der Waals surface area contributed by atoms with Crippen LogP contribution in [-0.4, -0.2) is 18.7 Å². The largest absolute Gasteiger partial charge is 0.495 e. The Morgan fingerprint density at radius 1 is 0.944 bits per heavy atom. The van der Waals surface area contributed by atoms with E-state index in [0.29, 0.717) is 34.3 Å². The molecule has 0 amide bonds. The third-order valence-corrected chi connectivity index (χ3v) is 6.87. The highest BCUT2D eigenvalue weighted by Crippen LogP contribution is 2.32. The Morgan fingerprint density at radius 3 is 2.50 bits per heavy atom. The van der Waals surface area contributed by atoms with Gasteiger partial charge in [0, 0.05) is 10.8 Å². The third-order valence-electron chi connectivity index (χ3n) is 6.11. The van der Waals surface area contributed by atoms with E-state index in [4.69, 9.17) is 13.9 Å². The minimum absolute atomic E-state index is 0.423. The maximum atomic E-state index is 12.9. The molecule has 0 spiro atoms. The van der Waals surface area contributed by atoms with E-state index >= 15 is 0 Å². The minimum atomic E-state index is -0.431. The average molecular weight is 507 g/mol. The summed E-state index contributed by atoms with van der Waals surface area (Å²) in [5, 5.41) is 6.58. The monoisotopic (exact) mass is 506 g/mol. The molecule has 0 aliphatic carbocycles. The van der Waals surface area contributed by atoms with Gasteiger partial charge in [0.1, 0.15) is 5.75 Å². The fraction of sp³-hybridized carbons (Fsp3) is 0.379. The van der Waals surface area contributed by atoms with Gasteiger partial charge in [0.2, 0.25) is 0 Å². The number of hydrogen-bond acceptors (Lipinski definition) is 7. The van der Waals surface area contributed by atoms with Gasteiger partial charge >= 0.3 is 5.63 Å². The van der Waals surface area contributed by atoms with Crippen molar-refractivity contribution in [2.45, 2.75) is 58.3 Å². The summed E-state index contributed by atoms with van der Waals surface area (Å²) >= 11 is 1.42. The van der Waals surface area contributed by atoms with E-state index < -0.39 is 5.63 Å². The Hall–Kier alpha value is -3.32. The molecule has 0 unspecified atom stereocenters. The number of benzene rings is 2. The van der Waals surface area contributed by atoms with Gasteiger partial charge in [-0.1, -0.05) is 76.1 Å². The maximum absolute atomic E-state index is 12.9. The summed E-state index contributed by atoms with van der Waals surface area (Å²) in [4.78, 5) is 17.5. The second-order valence-corrected chi connectivity index (χ2v) is 9.67. The predicted octanol–water partition coefficient (Wildman–Crippen LogP) is 8.19. The smallest absolute Gasteiger partial charge is 0.345 e. The van der Waals surface area contributed by atoms with Crippen molar-refractivity contribution in [3.63, 3.8) is 0 Å². The first-order chi connectivity index (χ1) is 17.7. The van der Waals surface area contributed by atoms with Crippen LogP contribution in [0.3, 0.4) is 0 Å². The topological polar surface area (TPSA) is 73.6 Å². The number of aromatic nitrogens is 1. The Morgan fingerprint density at radius 2 is 1.69 bits per heavy atom. The zero-order chi connectivity index (χ0) is 25.2. The highest BCUT2D eigenvalue weighted by atomic mass is 32.1. The second kappa shape index (κ2) is 13.1. The van der Waals surface area contributed by atoms with Gasteiger partial charge in [-0.05, 0) is 30.7 Å². The van der Waals surface area contributed by atoms with Crippen LogP contribution < -0.4 is 20.4 Å². The first-order valence-corrected chi connectivity index (χ1v) is 13.6. The van der Waals surface area contributed by atoms with E-state index in [-0.39, 0.29) is 0 Å². The molecule has 4 aromatic rings. The number of nitrogens with zero attached hydrogens (tertiary/aromatic N) is 1. The van der Waals surface area contributed by atoms with Crippen molar-refractivity contribution in [3.8, 4) is 22.8 Å². The molecule has 2 aromatic heterocycles. The van der Waals surface area contributed by atoms with Crippen LogP contribution in [0.2, 0.25) is 0 Å². The van der Waals surface area contributed by atoms with Crippen molar-refractivity contribution in [2.75, 3.05) is 19.0 Å². The van der Waals surface area contributed by atoms with Crippen molar-refractivity contribution < 1.29 is 13.9 Å². The Labute approximate surface area is 216 Å². The van der Waals surface area contributed by atoms with E-state index in [9.17, 15) is 4.79 Å². The number of ether oxygens (including phenoxy) is 2. The molecule has 0 aliphatic rings. The molecule has 0 radical (unpaired) electrons. The lowest BCUT2D eigenvalue weighted by atomic mass is 10.1. The molecule has 36 heavy (non-hydrogen) atoms. The van der Waals surface area contributed by atoms with Gasteiger partial charge in [0.15, 0.2) is 16.5 Å². The number of unbranched alkanes of at least 4 members (excludes halogenated alkanes) is 7. The van der Waals surface area contributed by atoms with Crippen LogP contribution in [0.15, 0.2) is 63.1 Å². The first-order valence-electron chi connectivity index (χ1n) is 12.7. The molecular formula is C29H34N2O4S. The van der Waals surface area contributed by atoms with Crippen LogP contribution in [0.5, 0.6) is 11.5 Å². The molecular weight excluding hydrogens is 472 g/mol. The molecule has 0 fully saturated rings. The second-order valence-electron chi connectivity index (χ2n) is 8.81. The van der Waals surface area contributed by atoms with Crippen molar-refractivity contribution in [1.29, 1.82) is 0 Å². The van der Waals surface area contributed by atoms with Crippen molar-refractivity contribution in [1.82, 2.24) is 4.98 Å². The molecule has 0 saturated carbocycles. The van der Waals surface area contributed by atoms with E-state index in [1.54, 1.807) is 7.11 Å². The minimum Gasteiger partial charge on any atom is -0.495 e. The summed E-state index contributed by atoms with van der Waals surface area (Å²) in [5.74, 6) is 1.33. The van der Waals surface area contributed by atoms with Gasteiger partial charge in [0.05, 0.1) is 30.7 Å². The van der Waals surface area contributed by atoms with E-state index in [1.165, 1.54) is 49.9 Å². The molecule has 7 heteroatoms. The standard InChI is InChI=1S/C29H34N2O4S/c1-3-4-5-6-7-8-9-12-18-34-26-17-13-14-21-19-22(28(32)35-27(21)26)24-20-36-29(31-24)30-23-15-10-11-16-25(23)33-2/h10-11,13-17,19-20H,3-9,12,18H2,1-2H3,(H,30,31). The van der Waals surface area contributed by atoms with Crippen molar-refractivity contribution in [3.05, 3.63) is 64.3 Å². The number of rotatable bonds is 14. The molecule has 2 aromatic carbocycles. The summed E-state index contributed by atoms with van der Waals surface area (Å²) in [6.45, 7) is 2.86. The Kier molecular flexibility index (Phi) is 9.39. The highest BCUT2D eigenvalue weighted by Gasteiger charge is 2.15. The van der Waals surface area contributed by atoms with Gasteiger partial charge in [-0.2, -0.15) is 0 Å². The lowest BCUT2D eigenvalue weighted by Gasteiger charge is -2.09. The molecule has 2 heterocycles. The maximum Gasteiger partial charge on any atom is 0.345 e. The molecule has 6 nitrogen and oxygen atoms in total. The molecule has 0 atom stereocenters. The van der Waals surface area contributed by atoms with E-state index in [2.05, 4.69) is 17.2 Å². The van der Waals surface area contributed by atoms with Crippen LogP contribution >= 0.6 is 11.3 Å². The fourth-order valence-corrected chi connectivity index (χ4v) is 4.87.